The number of carbonyl (C=O) groups is 4. The molecule has 174 valence electrons. The zero-order valence-corrected chi connectivity index (χ0v) is 19.7. The minimum Gasteiger partial charge on any atom is -0.480 e. The number of carbonyl (C=O) groups excluding carboxylic acids is 3. The summed E-state index contributed by atoms with van der Waals surface area (Å²) in [4.78, 5) is 50.0. The Bertz CT molecular complexity index is 920. The first-order valence-corrected chi connectivity index (χ1v) is 11.4. The smallest absolute Gasteiger partial charge is 0.408 e. The molecule has 2 aliphatic heterocycles. The Morgan fingerprint density at radius 1 is 1.28 bits per heavy atom. The maximum Gasteiger partial charge on any atom is 0.408 e. The number of nitrogens with zero attached hydrogens (tertiary/aromatic N) is 1. The number of fused-ring (bicyclic) bond motifs is 1. The number of aliphatic carboxylic acids is 1. The molecule has 32 heavy (non-hydrogen) atoms. The van der Waals surface area contributed by atoms with Gasteiger partial charge >= 0.3 is 12.1 Å². The number of hydrogen-bond acceptors (Lipinski definition) is 6. The first kappa shape index (κ1) is 24.2. The van der Waals surface area contributed by atoms with Gasteiger partial charge in [0.2, 0.25) is 11.8 Å². The van der Waals surface area contributed by atoms with Crippen LogP contribution >= 0.6 is 23.4 Å². The minimum absolute atomic E-state index is 0.296. The van der Waals surface area contributed by atoms with Gasteiger partial charge in [-0.3, -0.25) is 9.59 Å². The highest BCUT2D eigenvalue weighted by molar-refractivity contribution is 8.00. The van der Waals surface area contributed by atoms with Crippen molar-refractivity contribution in [3.8, 4) is 0 Å². The number of alkyl halides is 1. The van der Waals surface area contributed by atoms with Crippen molar-refractivity contribution in [1.82, 2.24) is 15.5 Å². The third-order valence-electron chi connectivity index (χ3n) is 5.05. The number of nitrogens with one attached hydrogen (secondary N) is 2. The molecule has 11 heteroatoms. The molecule has 1 unspecified atom stereocenters. The summed E-state index contributed by atoms with van der Waals surface area (Å²) in [5.74, 6) is -2.03. The predicted octanol–water partition coefficient (Wildman–Crippen LogP) is 2.10. The Labute approximate surface area is 195 Å². The van der Waals surface area contributed by atoms with Crippen LogP contribution in [-0.2, 0) is 19.1 Å². The van der Waals surface area contributed by atoms with E-state index in [1.54, 1.807) is 58.0 Å². The van der Waals surface area contributed by atoms with Crippen LogP contribution in [0.2, 0.25) is 0 Å². The fraction of sp³-hybridized carbons (Fsp3) is 0.524. The zero-order chi connectivity index (χ0) is 23.8. The van der Waals surface area contributed by atoms with Gasteiger partial charge in [0, 0.05) is 5.75 Å². The van der Waals surface area contributed by atoms with Crippen LogP contribution in [0.3, 0.4) is 0 Å². The molecule has 0 bridgehead atoms. The number of ether oxygens (including phenoxy) is 1. The Morgan fingerprint density at radius 2 is 1.91 bits per heavy atom. The van der Waals surface area contributed by atoms with Gasteiger partial charge in [-0.25, -0.2) is 9.59 Å². The average molecular weight is 484 g/mol. The van der Waals surface area contributed by atoms with E-state index < -0.39 is 57.9 Å². The molecule has 3 amide bonds. The number of carboxylic acid groups (broad SMARTS) is 1. The molecule has 1 aromatic rings. The van der Waals surface area contributed by atoms with E-state index in [1.165, 1.54) is 16.7 Å². The van der Waals surface area contributed by atoms with Gasteiger partial charge in [-0.2, -0.15) is 0 Å². The quantitative estimate of drug-likeness (QED) is 0.432. The zero-order valence-electron chi connectivity index (χ0n) is 18.1. The predicted molar refractivity (Wildman–Crippen MR) is 119 cm³/mol. The molecule has 3 rings (SSSR count). The molecule has 2 saturated heterocycles. The van der Waals surface area contributed by atoms with Crippen molar-refractivity contribution in [2.45, 2.75) is 61.7 Å². The van der Waals surface area contributed by atoms with Crippen molar-refractivity contribution >= 4 is 47.2 Å². The van der Waals surface area contributed by atoms with Crippen LogP contribution in [0.5, 0.6) is 0 Å². The summed E-state index contributed by atoms with van der Waals surface area (Å²) >= 11 is 7.65. The van der Waals surface area contributed by atoms with Crippen LogP contribution in [0.25, 0.3) is 0 Å². The normalized spacial score (nSPS) is 28.1. The Balaban J connectivity index is 1.76. The molecule has 0 radical (unpaired) electrons. The molecule has 0 aliphatic carbocycles. The maximum absolute atomic E-state index is 13.1. The molecular weight excluding hydrogens is 458 g/mol. The van der Waals surface area contributed by atoms with E-state index in [1.807, 2.05) is 0 Å². The van der Waals surface area contributed by atoms with Crippen LogP contribution in [0, 0.1) is 0 Å². The second-order valence-corrected chi connectivity index (χ2v) is 10.9. The van der Waals surface area contributed by atoms with Gasteiger partial charge in [0.1, 0.15) is 29.1 Å². The minimum atomic E-state index is -1.19. The molecule has 2 aliphatic rings. The largest absolute Gasteiger partial charge is 0.480 e. The van der Waals surface area contributed by atoms with Crippen molar-refractivity contribution in [3.05, 3.63) is 35.9 Å². The van der Waals surface area contributed by atoms with E-state index >= 15 is 0 Å². The highest BCUT2D eigenvalue weighted by Crippen LogP contribution is 2.45. The first-order chi connectivity index (χ1) is 14.8. The Morgan fingerprint density at radius 3 is 2.47 bits per heavy atom. The molecular formula is C21H26ClN3O6S. The molecule has 3 N–H and O–H groups in total. The molecule has 5 atom stereocenters. The third-order valence-corrected chi connectivity index (χ3v) is 7.16. The van der Waals surface area contributed by atoms with Crippen molar-refractivity contribution in [3.63, 3.8) is 0 Å². The lowest BCUT2D eigenvalue weighted by atomic mass is 9.94. The van der Waals surface area contributed by atoms with E-state index in [0.717, 1.165) is 0 Å². The monoisotopic (exact) mass is 483 g/mol. The third kappa shape index (κ3) is 4.96. The number of β-lactam (4-membered cyclic amide) rings is 1. The number of hydrogen-bond donors (Lipinski definition) is 3. The summed E-state index contributed by atoms with van der Waals surface area (Å²) in [7, 11) is 0. The fourth-order valence-electron chi connectivity index (χ4n) is 3.67. The molecule has 2 heterocycles. The number of rotatable bonds is 5. The summed E-state index contributed by atoms with van der Waals surface area (Å²) in [6.07, 6.45) is -0.779. The van der Waals surface area contributed by atoms with Crippen molar-refractivity contribution in [1.29, 1.82) is 0 Å². The lowest BCUT2D eigenvalue weighted by Gasteiger charge is -2.56. The summed E-state index contributed by atoms with van der Waals surface area (Å²) in [6.45, 7) is 6.69. The number of halogens is 1. The second-order valence-electron chi connectivity index (χ2n) is 8.94. The summed E-state index contributed by atoms with van der Waals surface area (Å²) < 4.78 is 5.27. The molecule has 2 fully saturated rings. The highest BCUT2D eigenvalue weighted by Gasteiger charge is 2.61. The van der Waals surface area contributed by atoms with Gasteiger partial charge in [0.15, 0.2) is 0 Å². The van der Waals surface area contributed by atoms with E-state index in [4.69, 9.17) is 16.3 Å². The van der Waals surface area contributed by atoms with E-state index in [-0.39, 0.29) is 0 Å². The van der Waals surface area contributed by atoms with Gasteiger partial charge < -0.3 is 25.4 Å². The second kappa shape index (κ2) is 8.82. The number of alkyl carbamates (subject to hydrolysis) is 1. The summed E-state index contributed by atoms with van der Waals surface area (Å²) in [6, 6.07) is 5.34. The number of benzene rings is 1. The standard InChI is InChI=1S/C21H26ClN3O6S/c1-20(2,3)31-19(30)24-12(11-8-6-5-7-9-11)15(26)23-13-16(27)25-14(18(28)29)21(4,22)10-32-17(13)25/h5-9,12-14,17H,10H2,1-4H3,(H,23,26)(H,24,30)(H,28,29)/t12?,13-,14+,17-,21-/m1/s1. The highest BCUT2D eigenvalue weighted by atomic mass is 35.5. The number of amides is 3. The molecule has 0 spiro atoms. The summed E-state index contributed by atoms with van der Waals surface area (Å²) in [5, 5.41) is 14.2. The van der Waals surface area contributed by atoms with Crippen LogP contribution in [0.15, 0.2) is 30.3 Å². The van der Waals surface area contributed by atoms with Gasteiger partial charge in [-0.15, -0.1) is 23.4 Å². The average Bonchev–Trinajstić information content (AvgIpc) is 2.68. The van der Waals surface area contributed by atoms with Crippen molar-refractivity contribution in [2.75, 3.05) is 5.75 Å². The Kier molecular flexibility index (Phi) is 6.67. The topological polar surface area (TPSA) is 125 Å². The SMILES string of the molecule is CC(C)(C)OC(=O)NC(C(=O)N[C@@H]1C(=O)N2[C@@H]1SC[C@@](C)(Cl)[C@@H]2C(=O)O)c1ccccc1. The fourth-order valence-corrected chi connectivity index (χ4v) is 5.48. The molecule has 9 nitrogen and oxygen atoms in total. The lowest BCUT2D eigenvalue weighted by molar-refractivity contribution is -0.164. The molecule has 0 saturated carbocycles. The van der Waals surface area contributed by atoms with Crippen molar-refractivity contribution in [2.24, 2.45) is 0 Å². The van der Waals surface area contributed by atoms with Crippen LogP contribution < -0.4 is 10.6 Å². The first-order valence-electron chi connectivity index (χ1n) is 10.0. The van der Waals surface area contributed by atoms with Crippen LogP contribution in [0.1, 0.15) is 39.3 Å². The van der Waals surface area contributed by atoms with Crippen LogP contribution in [-0.4, -0.2) is 67.6 Å². The van der Waals surface area contributed by atoms with E-state index in [0.29, 0.717) is 11.3 Å². The lowest BCUT2D eigenvalue weighted by Crippen LogP contribution is -2.78. The van der Waals surface area contributed by atoms with Gasteiger partial charge in [-0.05, 0) is 33.3 Å². The van der Waals surface area contributed by atoms with Crippen LogP contribution in [0.4, 0.5) is 4.79 Å². The summed E-state index contributed by atoms with van der Waals surface area (Å²) in [5.41, 5.74) is -0.252. The molecule has 1 aromatic carbocycles. The van der Waals surface area contributed by atoms with Gasteiger partial charge in [0.25, 0.3) is 0 Å². The van der Waals surface area contributed by atoms with Gasteiger partial charge in [-0.1, -0.05) is 30.3 Å². The van der Waals surface area contributed by atoms with Gasteiger partial charge in [0.05, 0.1) is 4.87 Å². The number of carboxylic acids is 1. The van der Waals surface area contributed by atoms with Crippen molar-refractivity contribution < 1.29 is 29.0 Å². The van der Waals surface area contributed by atoms with E-state index in [9.17, 15) is 24.3 Å². The van der Waals surface area contributed by atoms with E-state index in [2.05, 4.69) is 10.6 Å². The maximum atomic E-state index is 13.1. The Hall–Kier alpha value is -2.46. The molecule has 0 aromatic heterocycles. The number of thioether (sulfide) groups is 1.